The molecule has 2 aliphatic heterocycles. The summed E-state index contributed by atoms with van der Waals surface area (Å²) in [4.78, 5) is 16.3. The topological polar surface area (TPSA) is 69.8 Å². The third-order valence-electron chi connectivity index (χ3n) is 5.71. The van der Waals surface area contributed by atoms with Crippen LogP contribution in [0.5, 0.6) is 0 Å². The van der Waals surface area contributed by atoms with Crippen LogP contribution in [0.25, 0.3) is 0 Å². The average molecular weight is 345 g/mol. The van der Waals surface area contributed by atoms with Gasteiger partial charge in [-0.05, 0) is 64.7 Å². The first kappa shape index (κ1) is 18.4. The number of aliphatic hydroxyl groups is 1. The average Bonchev–Trinajstić information content (AvgIpc) is 3.04. The van der Waals surface area contributed by atoms with E-state index in [2.05, 4.69) is 41.8 Å². The lowest BCUT2D eigenvalue weighted by atomic mass is 9.99. The molecule has 5 heteroatoms. The van der Waals surface area contributed by atoms with Crippen molar-refractivity contribution in [3.8, 4) is 0 Å². The van der Waals surface area contributed by atoms with E-state index >= 15 is 0 Å². The van der Waals surface area contributed by atoms with Gasteiger partial charge in [0.05, 0.1) is 12.1 Å². The summed E-state index contributed by atoms with van der Waals surface area (Å²) >= 11 is 0. The van der Waals surface area contributed by atoms with Crippen molar-refractivity contribution in [3.63, 3.8) is 0 Å². The number of carbonyl (C=O) groups excluding carboxylic acids is 1. The van der Waals surface area contributed by atoms with Crippen LogP contribution in [0.4, 0.5) is 0 Å². The predicted octanol–water partition coefficient (Wildman–Crippen LogP) is 1.75. The molecule has 5 nitrogen and oxygen atoms in total. The molecule has 138 valence electrons. The maximum Gasteiger partial charge on any atom is 0.234 e. The van der Waals surface area contributed by atoms with Crippen LogP contribution in [0, 0.1) is 13.8 Å². The van der Waals surface area contributed by atoms with Crippen LogP contribution < -0.4 is 5.73 Å². The van der Waals surface area contributed by atoms with Crippen LogP contribution in [-0.4, -0.2) is 59.1 Å². The summed E-state index contributed by atoms with van der Waals surface area (Å²) in [6.07, 6.45) is 3.62. The van der Waals surface area contributed by atoms with Crippen LogP contribution in [0.1, 0.15) is 48.5 Å². The number of nitrogens with zero attached hydrogens (tertiary/aromatic N) is 2. The van der Waals surface area contributed by atoms with Crippen LogP contribution >= 0.6 is 0 Å². The molecule has 2 atom stereocenters. The predicted molar refractivity (Wildman–Crippen MR) is 99.3 cm³/mol. The summed E-state index contributed by atoms with van der Waals surface area (Å²) in [5.41, 5.74) is 8.95. The highest BCUT2D eigenvalue weighted by Gasteiger charge is 2.35. The smallest absolute Gasteiger partial charge is 0.234 e. The number of piperidine rings is 1. The van der Waals surface area contributed by atoms with Crippen LogP contribution in [0.15, 0.2) is 18.2 Å². The maximum atomic E-state index is 11.6. The van der Waals surface area contributed by atoms with Gasteiger partial charge in [0.25, 0.3) is 0 Å². The molecule has 0 saturated carbocycles. The number of aliphatic hydroxyl groups excluding tert-OH is 1. The van der Waals surface area contributed by atoms with Crippen molar-refractivity contribution in [1.29, 1.82) is 0 Å². The molecule has 3 rings (SSSR count). The fourth-order valence-electron chi connectivity index (χ4n) is 4.52. The molecule has 2 aliphatic rings. The van der Waals surface area contributed by atoms with Gasteiger partial charge < -0.3 is 15.7 Å². The fourth-order valence-corrected chi connectivity index (χ4v) is 4.52. The Hall–Kier alpha value is -1.43. The Bertz CT molecular complexity index is 591. The van der Waals surface area contributed by atoms with Crippen molar-refractivity contribution in [2.24, 2.45) is 5.73 Å². The molecule has 0 aliphatic carbocycles. The number of hydrogen-bond donors (Lipinski definition) is 2. The molecule has 2 heterocycles. The van der Waals surface area contributed by atoms with Gasteiger partial charge in [0.15, 0.2) is 0 Å². The Kier molecular flexibility index (Phi) is 5.77. The summed E-state index contributed by atoms with van der Waals surface area (Å²) in [5.74, 6) is -0.176. The standard InChI is InChI=1S/C20H31N3O2/c1-14-10-15(2)12-16(11-14)19(24)13-22-8-5-17(6-9-22)23-7-3-4-18(23)20(21)25/h10-12,17-19,24H,3-9,13H2,1-2H3,(H2,21,25). The highest BCUT2D eigenvalue weighted by Crippen LogP contribution is 2.27. The van der Waals surface area contributed by atoms with Crippen molar-refractivity contribution >= 4 is 5.91 Å². The number of nitrogens with two attached hydrogens (primary N) is 1. The van der Waals surface area contributed by atoms with Gasteiger partial charge in [0.2, 0.25) is 5.91 Å². The molecule has 2 unspecified atom stereocenters. The summed E-state index contributed by atoms with van der Waals surface area (Å²) in [5, 5.41) is 10.6. The molecule has 2 saturated heterocycles. The van der Waals surface area contributed by atoms with Gasteiger partial charge in [-0.25, -0.2) is 0 Å². The lowest BCUT2D eigenvalue weighted by Crippen LogP contribution is -2.50. The molecule has 0 spiro atoms. The first-order valence-electron chi connectivity index (χ1n) is 9.47. The van der Waals surface area contributed by atoms with E-state index in [1.165, 1.54) is 11.1 Å². The number of likely N-dealkylation sites (tertiary alicyclic amines) is 2. The maximum absolute atomic E-state index is 11.6. The van der Waals surface area contributed by atoms with Crippen molar-refractivity contribution < 1.29 is 9.90 Å². The van der Waals surface area contributed by atoms with Crippen molar-refractivity contribution in [1.82, 2.24) is 9.80 Å². The number of rotatable bonds is 5. The summed E-state index contributed by atoms with van der Waals surface area (Å²) in [6.45, 7) is 7.74. The van der Waals surface area contributed by atoms with Gasteiger partial charge in [-0.2, -0.15) is 0 Å². The normalized spacial score (nSPS) is 24.5. The van der Waals surface area contributed by atoms with Crippen LogP contribution in [0.3, 0.4) is 0 Å². The van der Waals surface area contributed by atoms with E-state index in [-0.39, 0.29) is 11.9 Å². The zero-order chi connectivity index (χ0) is 18.0. The Balaban J connectivity index is 1.53. The molecule has 1 aromatic carbocycles. The highest BCUT2D eigenvalue weighted by atomic mass is 16.3. The highest BCUT2D eigenvalue weighted by molar-refractivity contribution is 5.80. The molecular weight excluding hydrogens is 314 g/mol. The molecule has 1 amide bonds. The number of amides is 1. The number of primary amides is 1. The van der Waals surface area contributed by atoms with E-state index < -0.39 is 6.10 Å². The van der Waals surface area contributed by atoms with E-state index in [1.54, 1.807) is 0 Å². The lowest BCUT2D eigenvalue weighted by Gasteiger charge is -2.39. The van der Waals surface area contributed by atoms with E-state index in [0.29, 0.717) is 12.6 Å². The molecule has 3 N–H and O–H groups in total. The molecule has 0 radical (unpaired) electrons. The number of carbonyl (C=O) groups is 1. The van der Waals surface area contributed by atoms with Gasteiger partial charge in [-0.3, -0.25) is 9.69 Å². The van der Waals surface area contributed by atoms with E-state index in [9.17, 15) is 9.90 Å². The second-order valence-corrected chi connectivity index (χ2v) is 7.77. The molecule has 25 heavy (non-hydrogen) atoms. The zero-order valence-corrected chi connectivity index (χ0v) is 15.4. The number of hydrogen-bond acceptors (Lipinski definition) is 4. The van der Waals surface area contributed by atoms with Crippen molar-refractivity contribution in [2.75, 3.05) is 26.2 Å². The fraction of sp³-hybridized carbons (Fsp3) is 0.650. The first-order valence-corrected chi connectivity index (χ1v) is 9.47. The first-order chi connectivity index (χ1) is 11.9. The lowest BCUT2D eigenvalue weighted by molar-refractivity contribution is -0.123. The molecule has 1 aromatic rings. The molecule has 0 aromatic heterocycles. The summed E-state index contributed by atoms with van der Waals surface area (Å²) < 4.78 is 0. The van der Waals surface area contributed by atoms with Crippen molar-refractivity contribution in [2.45, 2.75) is 57.7 Å². The quantitative estimate of drug-likeness (QED) is 0.853. The van der Waals surface area contributed by atoms with Gasteiger partial charge in [0, 0.05) is 12.6 Å². The molecule has 0 bridgehead atoms. The number of β-amino-alcohol motifs (C(OH)–C–C–N with tert-alkyl or cyclic N) is 1. The molecule has 2 fully saturated rings. The minimum Gasteiger partial charge on any atom is -0.387 e. The summed E-state index contributed by atoms with van der Waals surface area (Å²) in [7, 11) is 0. The number of aryl methyl sites for hydroxylation is 2. The second-order valence-electron chi connectivity index (χ2n) is 7.77. The van der Waals surface area contributed by atoms with Crippen molar-refractivity contribution in [3.05, 3.63) is 34.9 Å². The Morgan fingerprint density at radius 2 is 1.80 bits per heavy atom. The van der Waals surface area contributed by atoms with E-state index in [0.717, 1.165) is 50.9 Å². The Labute approximate surface area is 150 Å². The zero-order valence-electron chi connectivity index (χ0n) is 15.4. The minimum absolute atomic E-state index is 0.0718. The van der Waals surface area contributed by atoms with E-state index in [4.69, 9.17) is 5.73 Å². The van der Waals surface area contributed by atoms with Crippen LogP contribution in [-0.2, 0) is 4.79 Å². The third kappa shape index (κ3) is 4.40. The SMILES string of the molecule is Cc1cc(C)cc(C(O)CN2CCC(N3CCCC3C(N)=O)CC2)c1. The van der Waals surface area contributed by atoms with E-state index in [1.807, 2.05) is 0 Å². The number of benzene rings is 1. The van der Waals surface area contributed by atoms with Gasteiger partial charge in [-0.15, -0.1) is 0 Å². The second kappa shape index (κ2) is 7.85. The van der Waals surface area contributed by atoms with Gasteiger partial charge in [0.1, 0.15) is 0 Å². The minimum atomic E-state index is -0.444. The monoisotopic (exact) mass is 345 g/mol. The largest absolute Gasteiger partial charge is 0.387 e. The third-order valence-corrected chi connectivity index (χ3v) is 5.71. The Morgan fingerprint density at radius 1 is 1.16 bits per heavy atom. The Morgan fingerprint density at radius 3 is 2.40 bits per heavy atom. The van der Waals surface area contributed by atoms with Gasteiger partial charge in [-0.1, -0.05) is 29.3 Å². The molecular formula is C20H31N3O2. The van der Waals surface area contributed by atoms with Gasteiger partial charge >= 0.3 is 0 Å². The summed E-state index contributed by atoms with van der Waals surface area (Å²) in [6, 6.07) is 6.66. The van der Waals surface area contributed by atoms with Crippen LogP contribution in [0.2, 0.25) is 0 Å².